The lowest BCUT2D eigenvalue weighted by atomic mass is 9.87. The molecule has 1 aliphatic rings. The number of nitrogens with one attached hydrogen (secondary N) is 1. The lowest BCUT2D eigenvalue weighted by Gasteiger charge is -2.26. The van der Waals surface area contributed by atoms with E-state index in [2.05, 4.69) is 17.4 Å². The predicted molar refractivity (Wildman–Crippen MR) is 77.7 cm³/mol. The van der Waals surface area contributed by atoms with Crippen LogP contribution in [0.1, 0.15) is 36.3 Å². The van der Waals surface area contributed by atoms with E-state index in [0.29, 0.717) is 12.3 Å². The van der Waals surface area contributed by atoms with E-state index < -0.39 is 0 Å². The number of hydrogen-bond acceptors (Lipinski definition) is 3. The van der Waals surface area contributed by atoms with Crippen molar-refractivity contribution in [1.29, 1.82) is 0 Å². The van der Waals surface area contributed by atoms with E-state index in [1.54, 1.807) is 7.11 Å². The maximum Gasteiger partial charge on any atom is 0.217 e. The molecule has 19 heavy (non-hydrogen) atoms. The second kappa shape index (κ2) is 7.36. The fourth-order valence-corrected chi connectivity index (χ4v) is 2.51. The highest BCUT2D eigenvalue weighted by Crippen LogP contribution is 2.31. The Kier molecular flexibility index (Phi) is 6.12. The first-order valence-corrected chi connectivity index (χ1v) is 6.36. The number of nitrogens with two attached hydrogens (primary N) is 1. The van der Waals surface area contributed by atoms with Crippen LogP contribution in [-0.2, 0) is 11.3 Å². The van der Waals surface area contributed by atoms with Gasteiger partial charge in [-0.2, -0.15) is 0 Å². The smallest absolute Gasteiger partial charge is 0.217 e. The van der Waals surface area contributed by atoms with Gasteiger partial charge in [-0.3, -0.25) is 4.79 Å². The lowest BCUT2D eigenvalue weighted by molar-refractivity contribution is -0.118. The summed E-state index contributed by atoms with van der Waals surface area (Å²) in [4.78, 5) is 10.8. The number of rotatable bonds is 5. The van der Waals surface area contributed by atoms with Gasteiger partial charge in [-0.1, -0.05) is 6.07 Å². The minimum Gasteiger partial charge on any atom is -0.497 e. The molecule has 3 N–H and O–H groups in total. The predicted octanol–water partition coefficient (Wildman–Crippen LogP) is 1.96. The highest BCUT2D eigenvalue weighted by molar-refractivity contribution is 5.85. The van der Waals surface area contributed by atoms with Gasteiger partial charge in [0.1, 0.15) is 5.75 Å². The number of fused-ring (bicyclic) bond motifs is 1. The molecule has 1 heterocycles. The van der Waals surface area contributed by atoms with Gasteiger partial charge in [-0.15, -0.1) is 12.4 Å². The molecule has 1 amide bonds. The summed E-state index contributed by atoms with van der Waals surface area (Å²) in [5.41, 5.74) is 7.84. The van der Waals surface area contributed by atoms with Gasteiger partial charge in [0.2, 0.25) is 5.91 Å². The van der Waals surface area contributed by atoms with Crippen LogP contribution in [0.2, 0.25) is 0 Å². The van der Waals surface area contributed by atoms with Gasteiger partial charge < -0.3 is 15.8 Å². The van der Waals surface area contributed by atoms with Gasteiger partial charge in [0.15, 0.2) is 0 Å². The normalized spacial score (nSPS) is 17.2. The Hall–Kier alpha value is -1.26. The molecule has 2 rings (SSSR count). The van der Waals surface area contributed by atoms with Crippen molar-refractivity contribution < 1.29 is 9.53 Å². The number of amides is 1. The summed E-state index contributed by atoms with van der Waals surface area (Å²) in [6.07, 6.45) is 2.30. The van der Waals surface area contributed by atoms with Gasteiger partial charge in [0, 0.05) is 19.5 Å². The Morgan fingerprint density at radius 1 is 1.53 bits per heavy atom. The van der Waals surface area contributed by atoms with Gasteiger partial charge in [-0.05, 0) is 42.0 Å². The zero-order valence-electron chi connectivity index (χ0n) is 11.1. The van der Waals surface area contributed by atoms with Crippen LogP contribution < -0.4 is 15.8 Å². The molecule has 0 radical (unpaired) electrons. The van der Waals surface area contributed by atoms with Crippen LogP contribution in [-0.4, -0.2) is 19.6 Å². The standard InChI is InChI=1S/C14H20N2O2.ClH/c1-18-12-6-5-11-9-16-8-10(13(11)7-12)3-2-4-14(15)17;/h5-7,10,16H,2-4,8-9H2,1H3,(H2,15,17);1H. The quantitative estimate of drug-likeness (QED) is 0.869. The molecule has 0 aromatic heterocycles. The molecule has 1 aromatic rings. The monoisotopic (exact) mass is 284 g/mol. The Balaban J connectivity index is 0.00000180. The average molecular weight is 285 g/mol. The number of carbonyl (C=O) groups excluding carboxylic acids is 1. The third kappa shape index (κ3) is 4.11. The molecular weight excluding hydrogens is 264 g/mol. The number of benzene rings is 1. The molecule has 0 fully saturated rings. The summed E-state index contributed by atoms with van der Waals surface area (Å²) in [5, 5.41) is 3.41. The minimum absolute atomic E-state index is 0. The Bertz CT molecular complexity index is 437. The second-order valence-electron chi connectivity index (χ2n) is 4.75. The first-order chi connectivity index (χ1) is 8.70. The Morgan fingerprint density at radius 3 is 3.00 bits per heavy atom. The van der Waals surface area contributed by atoms with Gasteiger partial charge in [-0.25, -0.2) is 0 Å². The first kappa shape index (κ1) is 15.8. The number of methoxy groups -OCH3 is 1. The third-order valence-corrected chi connectivity index (χ3v) is 3.47. The molecule has 0 saturated heterocycles. The van der Waals surface area contributed by atoms with Crippen LogP contribution >= 0.6 is 12.4 Å². The molecule has 5 heteroatoms. The van der Waals surface area contributed by atoms with Crippen molar-refractivity contribution in [2.45, 2.75) is 31.7 Å². The summed E-state index contributed by atoms with van der Waals surface area (Å²) < 4.78 is 5.28. The van der Waals surface area contributed by atoms with Crippen molar-refractivity contribution >= 4 is 18.3 Å². The van der Waals surface area contributed by atoms with Crippen LogP contribution in [0.5, 0.6) is 5.75 Å². The van der Waals surface area contributed by atoms with Crippen LogP contribution in [0, 0.1) is 0 Å². The fraction of sp³-hybridized carbons (Fsp3) is 0.500. The molecule has 1 atom stereocenters. The van der Waals surface area contributed by atoms with Gasteiger partial charge in [0.05, 0.1) is 7.11 Å². The van der Waals surface area contributed by atoms with E-state index in [4.69, 9.17) is 10.5 Å². The van der Waals surface area contributed by atoms with Crippen molar-refractivity contribution in [2.75, 3.05) is 13.7 Å². The molecule has 106 valence electrons. The van der Waals surface area contributed by atoms with E-state index in [1.165, 1.54) is 11.1 Å². The Labute approximate surface area is 120 Å². The SMILES string of the molecule is COc1ccc2c(c1)C(CCCC(N)=O)CNC2.Cl. The summed E-state index contributed by atoms with van der Waals surface area (Å²) in [6.45, 7) is 1.87. The highest BCUT2D eigenvalue weighted by atomic mass is 35.5. The largest absolute Gasteiger partial charge is 0.497 e. The molecule has 1 unspecified atom stereocenters. The summed E-state index contributed by atoms with van der Waals surface area (Å²) >= 11 is 0. The minimum atomic E-state index is -0.218. The molecule has 4 nitrogen and oxygen atoms in total. The van der Waals surface area contributed by atoms with Crippen LogP contribution in [0.25, 0.3) is 0 Å². The van der Waals surface area contributed by atoms with Crippen molar-refractivity contribution in [2.24, 2.45) is 5.73 Å². The van der Waals surface area contributed by atoms with E-state index in [0.717, 1.165) is 31.7 Å². The lowest BCUT2D eigenvalue weighted by Crippen LogP contribution is -2.28. The van der Waals surface area contributed by atoms with Crippen molar-refractivity contribution in [3.05, 3.63) is 29.3 Å². The number of primary amides is 1. The van der Waals surface area contributed by atoms with Crippen LogP contribution in [0.4, 0.5) is 0 Å². The maximum atomic E-state index is 10.8. The first-order valence-electron chi connectivity index (χ1n) is 6.36. The van der Waals surface area contributed by atoms with E-state index >= 15 is 0 Å². The zero-order valence-corrected chi connectivity index (χ0v) is 12.0. The van der Waals surface area contributed by atoms with Crippen molar-refractivity contribution in [3.8, 4) is 5.75 Å². The van der Waals surface area contributed by atoms with E-state index in [9.17, 15) is 4.79 Å². The molecule has 1 aromatic carbocycles. The highest BCUT2D eigenvalue weighted by Gasteiger charge is 2.20. The topological polar surface area (TPSA) is 64.3 Å². The molecule has 0 saturated carbocycles. The number of halogens is 1. The van der Waals surface area contributed by atoms with E-state index in [-0.39, 0.29) is 18.3 Å². The van der Waals surface area contributed by atoms with Crippen LogP contribution in [0.15, 0.2) is 18.2 Å². The summed E-state index contributed by atoms with van der Waals surface area (Å²) in [7, 11) is 1.69. The third-order valence-electron chi connectivity index (χ3n) is 3.47. The number of ether oxygens (including phenoxy) is 1. The fourth-order valence-electron chi connectivity index (χ4n) is 2.51. The van der Waals surface area contributed by atoms with Gasteiger partial charge in [0.25, 0.3) is 0 Å². The number of hydrogen-bond donors (Lipinski definition) is 2. The molecular formula is C14H21ClN2O2. The van der Waals surface area contributed by atoms with Gasteiger partial charge >= 0.3 is 0 Å². The number of carbonyl (C=O) groups is 1. The van der Waals surface area contributed by atoms with Crippen LogP contribution in [0.3, 0.4) is 0 Å². The molecule has 1 aliphatic heterocycles. The molecule has 0 bridgehead atoms. The molecule has 0 aliphatic carbocycles. The van der Waals surface area contributed by atoms with E-state index in [1.807, 2.05) is 6.07 Å². The van der Waals surface area contributed by atoms with Crippen molar-refractivity contribution in [1.82, 2.24) is 5.32 Å². The summed E-state index contributed by atoms with van der Waals surface area (Å²) in [6, 6.07) is 6.22. The Morgan fingerprint density at radius 2 is 2.32 bits per heavy atom. The summed E-state index contributed by atoms with van der Waals surface area (Å²) in [5.74, 6) is 1.13. The maximum absolute atomic E-state index is 10.8. The average Bonchev–Trinajstić information content (AvgIpc) is 2.38. The van der Waals surface area contributed by atoms with Crippen molar-refractivity contribution in [3.63, 3.8) is 0 Å². The zero-order chi connectivity index (χ0) is 13.0. The second-order valence-corrected chi connectivity index (χ2v) is 4.75. The molecule has 0 spiro atoms.